The Morgan fingerprint density at radius 2 is 2.21 bits per heavy atom. The Bertz CT molecular complexity index is 624. The van der Waals surface area contributed by atoms with Crippen molar-refractivity contribution < 1.29 is 19.4 Å². The van der Waals surface area contributed by atoms with E-state index in [1.54, 1.807) is 23.6 Å². The number of nitrogens with two attached hydrogens (primary N) is 1. The van der Waals surface area contributed by atoms with Gasteiger partial charge in [-0.25, -0.2) is 9.78 Å². The van der Waals surface area contributed by atoms with Gasteiger partial charge in [0.25, 0.3) is 0 Å². The summed E-state index contributed by atoms with van der Waals surface area (Å²) in [5.41, 5.74) is 6.03. The van der Waals surface area contributed by atoms with Crippen LogP contribution in [0.5, 0.6) is 5.75 Å². The number of benzene rings is 1. The van der Waals surface area contributed by atoms with E-state index in [4.69, 9.17) is 15.6 Å². The molecule has 0 aliphatic heterocycles. The van der Waals surface area contributed by atoms with Crippen LogP contribution in [0.25, 0.3) is 0 Å². The summed E-state index contributed by atoms with van der Waals surface area (Å²) in [6.07, 6.45) is 0. The highest BCUT2D eigenvalue weighted by atomic mass is 32.1. The van der Waals surface area contributed by atoms with E-state index < -0.39 is 11.9 Å². The van der Waals surface area contributed by atoms with Crippen molar-refractivity contribution in [2.24, 2.45) is 5.73 Å². The molecule has 0 spiro atoms. The normalized spacial score (nSPS) is 10.1. The monoisotopic (exact) mass is 278 g/mol. The van der Waals surface area contributed by atoms with Gasteiger partial charge in [-0.3, -0.25) is 4.79 Å². The van der Waals surface area contributed by atoms with Gasteiger partial charge >= 0.3 is 5.97 Å². The molecule has 1 aromatic carbocycles. The molecule has 7 heteroatoms. The van der Waals surface area contributed by atoms with Crippen molar-refractivity contribution in [3.05, 3.63) is 45.9 Å². The van der Waals surface area contributed by atoms with Gasteiger partial charge in [-0.15, -0.1) is 11.3 Å². The van der Waals surface area contributed by atoms with E-state index in [1.165, 1.54) is 6.07 Å². The van der Waals surface area contributed by atoms with Crippen molar-refractivity contribution in [3.63, 3.8) is 0 Å². The number of hydrogen-bond acceptors (Lipinski definition) is 5. The van der Waals surface area contributed by atoms with Gasteiger partial charge in [0, 0.05) is 10.9 Å². The zero-order chi connectivity index (χ0) is 13.8. The van der Waals surface area contributed by atoms with Crippen molar-refractivity contribution >= 4 is 23.2 Å². The molecule has 6 nitrogen and oxygen atoms in total. The molecular formula is C12H10N2O4S. The molecule has 0 unspecified atom stereocenters. The molecule has 0 bridgehead atoms. The van der Waals surface area contributed by atoms with E-state index in [0.717, 1.165) is 11.3 Å². The molecule has 2 rings (SSSR count). The zero-order valence-electron chi connectivity index (χ0n) is 9.70. The molecule has 0 aliphatic carbocycles. The van der Waals surface area contributed by atoms with Crippen LogP contribution in [0.2, 0.25) is 0 Å². The van der Waals surface area contributed by atoms with E-state index in [-0.39, 0.29) is 11.6 Å². The number of primary amides is 1. The number of nitrogens with zero attached hydrogens (tertiary/aromatic N) is 1. The van der Waals surface area contributed by atoms with Gasteiger partial charge in [-0.2, -0.15) is 0 Å². The van der Waals surface area contributed by atoms with Crippen molar-refractivity contribution in [3.8, 4) is 5.75 Å². The molecule has 0 saturated carbocycles. The number of rotatable bonds is 5. The predicted molar refractivity (Wildman–Crippen MR) is 68.4 cm³/mol. The number of carboxylic acid groups (broad SMARTS) is 1. The molecule has 19 heavy (non-hydrogen) atoms. The Morgan fingerprint density at radius 3 is 2.84 bits per heavy atom. The molecule has 0 saturated heterocycles. The fourth-order valence-electron chi connectivity index (χ4n) is 1.37. The predicted octanol–water partition coefficient (Wildman–Crippen LogP) is 1.52. The summed E-state index contributed by atoms with van der Waals surface area (Å²) in [6.45, 7) is 0.131. The lowest BCUT2D eigenvalue weighted by Gasteiger charge is -2.05. The standard InChI is InChI=1S/C12H10N2O4S/c13-10(15)7-2-1-3-9(4-7)18-5-8-6-19-11(14-8)12(16)17/h1-4,6H,5H2,(H2,13,15)(H,16,17). The SMILES string of the molecule is NC(=O)c1cccc(OCc2csc(C(=O)O)n2)c1. The first-order valence-electron chi connectivity index (χ1n) is 5.26. The molecule has 98 valence electrons. The highest BCUT2D eigenvalue weighted by molar-refractivity contribution is 7.11. The summed E-state index contributed by atoms with van der Waals surface area (Å²) in [6, 6.07) is 6.43. The second-order valence-electron chi connectivity index (χ2n) is 3.63. The number of thiazole rings is 1. The summed E-state index contributed by atoms with van der Waals surface area (Å²) in [5, 5.41) is 10.4. The maximum absolute atomic E-state index is 11.0. The summed E-state index contributed by atoms with van der Waals surface area (Å²) in [7, 11) is 0. The fraction of sp³-hybridized carbons (Fsp3) is 0.0833. The summed E-state index contributed by atoms with van der Waals surface area (Å²) in [5.74, 6) is -1.12. The van der Waals surface area contributed by atoms with E-state index in [1.807, 2.05) is 0 Å². The van der Waals surface area contributed by atoms with Crippen LogP contribution in [0.4, 0.5) is 0 Å². The number of ether oxygens (including phenoxy) is 1. The average Bonchev–Trinajstić information content (AvgIpc) is 2.85. The molecule has 0 radical (unpaired) electrons. The molecule has 0 atom stereocenters. The van der Waals surface area contributed by atoms with E-state index >= 15 is 0 Å². The zero-order valence-corrected chi connectivity index (χ0v) is 10.5. The van der Waals surface area contributed by atoms with Gasteiger partial charge in [0.2, 0.25) is 10.9 Å². The Labute approximate surface area is 112 Å². The van der Waals surface area contributed by atoms with E-state index in [2.05, 4.69) is 4.98 Å². The molecular weight excluding hydrogens is 268 g/mol. The average molecular weight is 278 g/mol. The van der Waals surface area contributed by atoms with Crippen LogP contribution in [0, 0.1) is 0 Å². The Balaban J connectivity index is 2.03. The first-order chi connectivity index (χ1) is 9.06. The molecule has 3 N–H and O–H groups in total. The van der Waals surface area contributed by atoms with Gasteiger partial charge in [-0.1, -0.05) is 6.07 Å². The number of amides is 1. The minimum absolute atomic E-state index is 0.0180. The Kier molecular flexibility index (Phi) is 3.76. The molecule has 0 aliphatic rings. The van der Waals surface area contributed by atoms with Crippen molar-refractivity contribution in [2.45, 2.75) is 6.61 Å². The molecule has 1 aromatic heterocycles. The third kappa shape index (κ3) is 3.29. The molecule has 0 fully saturated rings. The lowest BCUT2D eigenvalue weighted by atomic mass is 10.2. The van der Waals surface area contributed by atoms with E-state index in [0.29, 0.717) is 17.0 Å². The van der Waals surface area contributed by atoms with Crippen LogP contribution in [-0.2, 0) is 6.61 Å². The van der Waals surface area contributed by atoms with Gasteiger partial charge in [0.05, 0.1) is 5.69 Å². The number of aromatic nitrogens is 1. The second kappa shape index (κ2) is 5.49. The summed E-state index contributed by atoms with van der Waals surface area (Å²) in [4.78, 5) is 25.5. The Hall–Kier alpha value is -2.41. The van der Waals surface area contributed by atoms with Gasteiger partial charge in [-0.05, 0) is 18.2 Å². The summed E-state index contributed by atoms with van der Waals surface area (Å²) < 4.78 is 5.42. The molecule has 1 heterocycles. The second-order valence-corrected chi connectivity index (χ2v) is 4.49. The van der Waals surface area contributed by atoms with Crippen LogP contribution >= 0.6 is 11.3 Å². The van der Waals surface area contributed by atoms with Crippen LogP contribution in [0.3, 0.4) is 0 Å². The van der Waals surface area contributed by atoms with Crippen LogP contribution in [0.1, 0.15) is 25.9 Å². The summed E-state index contributed by atoms with van der Waals surface area (Å²) >= 11 is 1.04. The minimum Gasteiger partial charge on any atom is -0.487 e. The number of carboxylic acids is 1. The lowest BCUT2D eigenvalue weighted by molar-refractivity contribution is 0.0695. The highest BCUT2D eigenvalue weighted by Gasteiger charge is 2.09. The van der Waals surface area contributed by atoms with Crippen molar-refractivity contribution in [1.82, 2.24) is 4.98 Å². The van der Waals surface area contributed by atoms with E-state index in [9.17, 15) is 9.59 Å². The maximum Gasteiger partial charge on any atom is 0.365 e. The highest BCUT2D eigenvalue weighted by Crippen LogP contribution is 2.16. The smallest absolute Gasteiger partial charge is 0.365 e. The number of carbonyl (C=O) groups excluding carboxylic acids is 1. The third-order valence-electron chi connectivity index (χ3n) is 2.24. The number of aromatic carboxylic acids is 1. The topological polar surface area (TPSA) is 103 Å². The van der Waals surface area contributed by atoms with Crippen molar-refractivity contribution in [1.29, 1.82) is 0 Å². The van der Waals surface area contributed by atoms with Crippen LogP contribution in [-0.4, -0.2) is 22.0 Å². The quantitative estimate of drug-likeness (QED) is 0.863. The first-order valence-corrected chi connectivity index (χ1v) is 6.14. The molecule has 2 aromatic rings. The van der Waals surface area contributed by atoms with Crippen molar-refractivity contribution in [2.75, 3.05) is 0 Å². The number of hydrogen-bond donors (Lipinski definition) is 2. The minimum atomic E-state index is -1.06. The fourth-order valence-corrected chi connectivity index (χ4v) is 2.01. The molecule has 1 amide bonds. The third-order valence-corrected chi connectivity index (χ3v) is 3.12. The maximum atomic E-state index is 11.0. The Morgan fingerprint density at radius 1 is 1.42 bits per heavy atom. The van der Waals surface area contributed by atoms with Gasteiger partial charge < -0.3 is 15.6 Å². The number of carbonyl (C=O) groups is 2. The van der Waals surface area contributed by atoms with Gasteiger partial charge in [0.1, 0.15) is 12.4 Å². The van der Waals surface area contributed by atoms with Gasteiger partial charge in [0.15, 0.2) is 0 Å². The van der Waals surface area contributed by atoms with Crippen LogP contribution < -0.4 is 10.5 Å². The van der Waals surface area contributed by atoms with Crippen LogP contribution in [0.15, 0.2) is 29.6 Å². The first kappa shape index (κ1) is 13.0. The largest absolute Gasteiger partial charge is 0.487 e. The lowest BCUT2D eigenvalue weighted by Crippen LogP contribution is -2.10.